The lowest BCUT2D eigenvalue weighted by Crippen LogP contribution is -2.43. The van der Waals surface area contributed by atoms with Gasteiger partial charge in [0.25, 0.3) is 5.91 Å². The predicted molar refractivity (Wildman–Crippen MR) is 97.1 cm³/mol. The van der Waals surface area contributed by atoms with Gasteiger partial charge in [-0.05, 0) is 23.3 Å². The normalized spacial score (nSPS) is 11.4. The summed E-state index contributed by atoms with van der Waals surface area (Å²) in [4.78, 5) is 34.5. The van der Waals surface area contributed by atoms with Gasteiger partial charge in [-0.2, -0.15) is 0 Å². The van der Waals surface area contributed by atoms with E-state index in [9.17, 15) is 14.4 Å². The van der Waals surface area contributed by atoms with Gasteiger partial charge in [0.2, 0.25) is 5.91 Å². The Kier molecular flexibility index (Phi) is 6.89. The van der Waals surface area contributed by atoms with Gasteiger partial charge < -0.3 is 15.4 Å². The van der Waals surface area contributed by atoms with Crippen LogP contribution in [0.2, 0.25) is 0 Å². The van der Waals surface area contributed by atoms with Crippen molar-refractivity contribution in [2.24, 2.45) is 0 Å². The summed E-state index contributed by atoms with van der Waals surface area (Å²) in [5.74, 6) is -0.380. The fraction of sp³-hybridized carbons (Fsp3) is 0.250. The van der Waals surface area contributed by atoms with E-state index in [0.717, 1.165) is 17.4 Å². The third-order valence-electron chi connectivity index (χ3n) is 3.84. The molecule has 0 saturated carbocycles. The van der Waals surface area contributed by atoms with E-state index in [-0.39, 0.29) is 24.8 Å². The highest BCUT2D eigenvalue weighted by Crippen LogP contribution is 2.19. The van der Waals surface area contributed by atoms with Crippen molar-refractivity contribution < 1.29 is 14.4 Å². The van der Waals surface area contributed by atoms with Crippen LogP contribution in [-0.2, 0) is 9.59 Å². The van der Waals surface area contributed by atoms with Crippen LogP contribution in [0.3, 0.4) is 0 Å². The van der Waals surface area contributed by atoms with Crippen LogP contribution < -0.4 is 10.6 Å². The smallest absolute Gasteiger partial charge is 0.251 e. The Morgan fingerprint density at radius 2 is 1.64 bits per heavy atom. The molecule has 0 bridgehead atoms. The van der Waals surface area contributed by atoms with Crippen LogP contribution in [0, 0.1) is 0 Å². The second-order valence-corrected chi connectivity index (χ2v) is 5.67. The van der Waals surface area contributed by atoms with E-state index in [2.05, 4.69) is 10.6 Å². The summed E-state index contributed by atoms with van der Waals surface area (Å²) in [5, 5.41) is 5.48. The SMILES string of the molecule is CCC(=O)NCC(CC=O)NC(=O)c1ccc(-c2ccccc2)cc1. The van der Waals surface area contributed by atoms with Gasteiger partial charge in [-0.15, -0.1) is 0 Å². The molecule has 0 radical (unpaired) electrons. The molecule has 0 aliphatic heterocycles. The van der Waals surface area contributed by atoms with Crippen LogP contribution in [0.1, 0.15) is 30.1 Å². The Bertz CT molecular complexity index is 711. The molecule has 2 amide bonds. The number of carbonyl (C=O) groups is 3. The van der Waals surface area contributed by atoms with Gasteiger partial charge in [-0.1, -0.05) is 49.4 Å². The average molecular weight is 338 g/mol. The molecule has 0 aliphatic rings. The maximum atomic E-state index is 12.4. The highest BCUT2D eigenvalue weighted by molar-refractivity contribution is 5.95. The molecule has 0 spiro atoms. The summed E-state index contributed by atoms with van der Waals surface area (Å²) in [5.41, 5.74) is 2.62. The Morgan fingerprint density at radius 1 is 1.00 bits per heavy atom. The highest BCUT2D eigenvalue weighted by atomic mass is 16.2. The Labute approximate surface area is 147 Å². The molecule has 0 heterocycles. The molecule has 25 heavy (non-hydrogen) atoms. The van der Waals surface area contributed by atoms with Gasteiger partial charge in [0, 0.05) is 24.9 Å². The van der Waals surface area contributed by atoms with Crippen molar-refractivity contribution in [3.8, 4) is 11.1 Å². The summed E-state index contributed by atoms with van der Waals surface area (Å²) in [6.07, 6.45) is 1.25. The molecular formula is C20H22N2O3. The van der Waals surface area contributed by atoms with Gasteiger partial charge in [-0.25, -0.2) is 0 Å². The molecular weight excluding hydrogens is 316 g/mol. The van der Waals surface area contributed by atoms with E-state index in [1.807, 2.05) is 42.5 Å². The van der Waals surface area contributed by atoms with Crippen molar-refractivity contribution in [2.75, 3.05) is 6.54 Å². The van der Waals surface area contributed by atoms with Crippen molar-refractivity contribution in [2.45, 2.75) is 25.8 Å². The van der Waals surface area contributed by atoms with E-state index < -0.39 is 6.04 Å². The molecule has 1 unspecified atom stereocenters. The average Bonchev–Trinajstić information content (AvgIpc) is 2.66. The number of hydrogen-bond acceptors (Lipinski definition) is 3. The minimum atomic E-state index is -0.422. The molecule has 5 nitrogen and oxygen atoms in total. The summed E-state index contributed by atoms with van der Waals surface area (Å²) < 4.78 is 0. The number of rotatable bonds is 8. The first-order chi connectivity index (χ1) is 12.1. The van der Waals surface area contributed by atoms with Crippen molar-refractivity contribution >= 4 is 18.1 Å². The first kappa shape index (κ1) is 18.4. The quantitative estimate of drug-likeness (QED) is 0.727. The van der Waals surface area contributed by atoms with Crippen LogP contribution in [0.4, 0.5) is 0 Å². The summed E-state index contributed by atoms with van der Waals surface area (Å²) in [6.45, 7) is 1.98. The Hall–Kier alpha value is -2.95. The summed E-state index contributed by atoms with van der Waals surface area (Å²) in [7, 11) is 0. The lowest BCUT2D eigenvalue weighted by atomic mass is 10.0. The minimum Gasteiger partial charge on any atom is -0.354 e. The summed E-state index contributed by atoms with van der Waals surface area (Å²) in [6, 6.07) is 16.7. The number of benzene rings is 2. The zero-order chi connectivity index (χ0) is 18.1. The van der Waals surface area contributed by atoms with Gasteiger partial charge in [0.05, 0.1) is 6.04 Å². The molecule has 1 atom stereocenters. The molecule has 2 aromatic carbocycles. The molecule has 0 saturated heterocycles. The lowest BCUT2D eigenvalue weighted by Gasteiger charge is -2.17. The molecule has 2 rings (SSSR count). The van der Waals surface area contributed by atoms with Crippen LogP contribution in [-0.4, -0.2) is 30.7 Å². The maximum Gasteiger partial charge on any atom is 0.251 e. The third kappa shape index (κ3) is 5.57. The maximum absolute atomic E-state index is 12.4. The van der Waals surface area contributed by atoms with Crippen molar-refractivity contribution in [1.82, 2.24) is 10.6 Å². The minimum absolute atomic E-state index is 0.114. The Morgan fingerprint density at radius 3 is 2.24 bits per heavy atom. The molecule has 0 aliphatic carbocycles. The third-order valence-corrected chi connectivity index (χ3v) is 3.84. The molecule has 5 heteroatoms. The number of aldehydes is 1. The Balaban J connectivity index is 2.00. The molecule has 2 aromatic rings. The van der Waals surface area contributed by atoms with Crippen LogP contribution in [0.25, 0.3) is 11.1 Å². The van der Waals surface area contributed by atoms with Gasteiger partial charge in [0.15, 0.2) is 0 Å². The van der Waals surface area contributed by atoms with Gasteiger partial charge >= 0.3 is 0 Å². The lowest BCUT2D eigenvalue weighted by molar-refractivity contribution is -0.121. The summed E-state index contributed by atoms with van der Waals surface area (Å²) >= 11 is 0. The van der Waals surface area contributed by atoms with Crippen LogP contribution >= 0.6 is 0 Å². The highest BCUT2D eigenvalue weighted by Gasteiger charge is 2.14. The number of nitrogens with one attached hydrogen (secondary N) is 2. The molecule has 2 N–H and O–H groups in total. The van der Waals surface area contributed by atoms with E-state index in [1.54, 1.807) is 19.1 Å². The second-order valence-electron chi connectivity index (χ2n) is 5.67. The first-order valence-electron chi connectivity index (χ1n) is 8.30. The number of hydrogen-bond donors (Lipinski definition) is 2. The fourth-order valence-corrected chi connectivity index (χ4v) is 2.38. The topological polar surface area (TPSA) is 75.3 Å². The monoisotopic (exact) mass is 338 g/mol. The van der Waals surface area contributed by atoms with E-state index in [1.165, 1.54) is 0 Å². The first-order valence-corrected chi connectivity index (χ1v) is 8.30. The van der Waals surface area contributed by atoms with E-state index in [4.69, 9.17) is 0 Å². The van der Waals surface area contributed by atoms with Crippen LogP contribution in [0.15, 0.2) is 54.6 Å². The second kappa shape index (κ2) is 9.37. The molecule has 0 fully saturated rings. The van der Waals surface area contributed by atoms with Crippen molar-refractivity contribution in [3.63, 3.8) is 0 Å². The number of amides is 2. The van der Waals surface area contributed by atoms with Gasteiger partial charge in [0.1, 0.15) is 6.29 Å². The van der Waals surface area contributed by atoms with Crippen LogP contribution in [0.5, 0.6) is 0 Å². The zero-order valence-corrected chi connectivity index (χ0v) is 14.2. The zero-order valence-electron chi connectivity index (χ0n) is 14.2. The largest absolute Gasteiger partial charge is 0.354 e. The standard InChI is InChI=1S/C20H22N2O3/c1-2-19(24)21-14-18(12-13-23)22-20(25)17-10-8-16(9-11-17)15-6-4-3-5-7-15/h3-11,13,18H,2,12,14H2,1H3,(H,21,24)(H,22,25). The predicted octanol–water partition coefficient (Wildman–Crippen LogP) is 2.57. The molecule has 130 valence electrons. The van der Waals surface area contributed by atoms with E-state index in [0.29, 0.717) is 12.0 Å². The van der Waals surface area contributed by atoms with Gasteiger partial charge in [-0.3, -0.25) is 9.59 Å². The van der Waals surface area contributed by atoms with E-state index >= 15 is 0 Å². The number of carbonyl (C=O) groups excluding carboxylic acids is 3. The van der Waals surface area contributed by atoms with Crippen molar-refractivity contribution in [1.29, 1.82) is 0 Å². The van der Waals surface area contributed by atoms with Crippen molar-refractivity contribution in [3.05, 3.63) is 60.2 Å². The fourth-order valence-electron chi connectivity index (χ4n) is 2.38. The molecule has 0 aromatic heterocycles.